The van der Waals surface area contributed by atoms with Gasteiger partial charge in [0.2, 0.25) is 11.6 Å². The first kappa shape index (κ1) is 17.3. The number of ether oxygens (including phenoxy) is 3. The number of rotatable bonds is 6. The fourth-order valence-electron chi connectivity index (χ4n) is 2.22. The summed E-state index contributed by atoms with van der Waals surface area (Å²) in [4.78, 5) is 5.22. The average Bonchev–Trinajstić information content (AvgIpc) is 3.31. The number of halogens is 1. The first-order valence-corrected chi connectivity index (χ1v) is 8.47. The van der Waals surface area contributed by atoms with Crippen molar-refractivity contribution in [3.8, 4) is 28.0 Å². The van der Waals surface area contributed by atoms with Gasteiger partial charge in [0.15, 0.2) is 11.5 Å². The molecule has 0 aliphatic carbocycles. The van der Waals surface area contributed by atoms with Crippen molar-refractivity contribution in [2.75, 3.05) is 21.3 Å². The van der Waals surface area contributed by atoms with Crippen LogP contribution in [0.5, 0.6) is 17.2 Å². The predicted octanol–water partition coefficient (Wildman–Crippen LogP) is 4.56. The number of thiophene rings is 1. The summed E-state index contributed by atoms with van der Waals surface area (Å²) in [6, 6.07) is 7.39. The third kappa shape index (κ3) is 3.62. The van der Waals surface area contributed by atoms with E-state index in [-0.39, 0.29) is 5.89 Å². The molecule has 3 rings (SSSR count). The van der Waals surface area contributed by atoms with E-state index >= 15 is 0 Å². The molecule has 0 fully saturated rings. The molecular weight excluding hydrogens is 364 g/mol. The molecule has 6 nitrogen and oxygen atoms in total. The Labute approximate surface area is 153 Å². The fraction of sp³-hybridized carbons (Fsp3) is 0.176. The zero-order valence-corrected chi connectivity index (χ0v) is 15.4. The number of hydrogen-bond acceptors (Lipinski definition) is 7. The molecule has 0 aliphatic heterocycles. The Bertz CT molecular complexity index is 865. The van der Waals surface area contributed by atoms with Crippen LogP contribution in [0.25, 0.3) is 21.8 Å². The standard InChI is InChI=1S/C17H15ClN2O4S/c1-21-12-8-10(9-13(22-2)15(12)23-3)7-11(18)17-19-16(20-24-17)14-5-4-6-25-14/h4-9H,1-3H3/b11-7-. The van der Waals surface area contributed by atoms with Crippen molar-refractivity contribution in [2.24, 2.45) is 0 Å². The minimum atomic E-state index is 0.235. The maximum absolute atomic E-state index is 6.34. The number of methoxy groups -OCH3 is 3. The lowest BCUT2D eigenvalue weighted by atomic mass is 10.1. The summed E-state index contributed by atoms with van der Waals surface area (Å²) in [6.45, 7) is 0. The summed E-state index contributed by atoms with van der Waals surface area (Å²) < 4.78 is 21.2. The number of hydrogen-bond donors (Lipinski definition) is 0. The van der Waals surface area contributed by atoms with E-state index in [1.807, 2.05) is 17.5 Å². The Morgan fingerprint density at radius 1 is 1.16 bits per heavy atom. The molecule has 25 heavy (non-hydrogen) atoms. The normalized spacial score (nSPS) is 11.4. The molecule has 0 saturated heterocycles. The predicted molar refractivity (Wildman–Crippen MR) is 97.4 cm³/mol. The molecule has 2 aromatic heterocycles. The Kier molecular flexibility index (Phi) is 5.25. The molecule has 0 atom stereocenters. The molecule has 1 aromatic carbocycles. The van der Waals surface area contributed by atoms with Gasteiger partial charge in [-0.05, 0) is 35.2 Å². The van der Waals surface area contributed by atoms with E-state index in [1.54, 1.807) is 39.5 Å². The maximum atomic E-state index is 6.34. The van der Waals surface area contributed by atoms with Gasteiger partial charge in [-0.3, -0.25) is 0 Å². The van der Waals surface area contributed by atoms with E-state index in [0.29, 0.717) is 28.1 Å². The van der Waals surface area contributed by atoms with Gasteiger partial charge in [0.25, 0.3) is 5.89 Å². The maximum Gasteiger partial charge on any atom is 0.269 e. The van der Waals surface area contributed by atoms with Crippen molar-refractivity contribution in [1.29, 1.82) is 0 Å². The Balaban J connectivity index is 1.94. The van der Waals surface area contributed by atoms with Crippen LogP contribution in [0.1, 0.15) is 11.5 Å². The van der Waals surface area contributed by atoms with Crippen molar-refractivity contribution in [3.63, 3.8) is 0 Å². The minimum absolute atomic E-state index is 0.235. The van der Waals surface area contributed by atoms with E-state index in [4.69, 9.17) is 30.3 Å². The number of benzene rings is 1. The lowest BCUT2D eigenvalue weighted by molar-refractivity contribution is 0.324. The highest BCUT2D eigenvalue weighted by Gasteiger charge is 2.15. The quantitative estimate of drug-likeness (QED) is 0.626. The highest BCUT2D eigenvalue weighted by molar-refractivity contribution is 7.13. The van der Waals surface area contributed by atoms with Crippen LogP contribution in [0.15, 0.2) is 34.2 Å². The smallest absolute Gasteiger partial charge is 0.269 e. The lowest BCUT2D eigenvalue weighted by Gasteiger charge is -2.12. The highest BCUT2D eigenvalue weighted by Crippen LogP contribution is 2.39. The van der Waals surface area contributed by atoms with Gasteiger partial charge in [-0.2, -0.15) is 4.98 Å². The second-order valence-corrected chi connectivity index (χ2v) is 6.21. The molecule has 0 bridgehead atoms. The van der Waals surface area contributed by atoms with Crippen molar-refractivity contribution < 1.29 is 18.7 Å². The first-order chi connectivity index (χ1) is 12.2. The molecule has 130 valence electrons. The summed E-state index contributed by atoms with van der Waals surface area (Å²) >= 11 is 7.86. The van der Waals surface area contributed by atoms with Crippen LogP contribution >= 0.6 is 22.9 Å². The first-order valence-electron chi connectivity index (χ1n) is 7.21. The van der Waals surface area contributed by atoms with Crippen LogP contribution in [0.2, 0.25) is 0 Å². The fourth-order valence-corrected chi connectivity index (χ4v) is 3.07. The monoisotopic (exact) mass is 378 g/mol. The summed E-state index contributed by atoms with van der Waals surface area (Å²) in [5.74, 6) is 2.31. The molecule has 2 heterocycles. The SMILES string of the molecule is COc1cc(/C=C(\Cl)c2nc(-c3cccs3)no2)cc(OC)c1OC. The van der Waals surface area contributed by atoms with E-state index in [1.165, 1.54) is 11.3 Å². The summed E-state index contributed by atoms with van der Waals surface area (Å²) in [5, 5.41) is 6.20. The van der Waals surface area contributed by atoms with Crippen LogP contribution < -0.4 is 14.2 Å². The summed E-state index contributed by atoms with van der Waals surface area (Å²) in [5.41, 5.74) is 0.746. The Morgan fingerprint density at radius 2 is 1.88 bits per heavy atom. The zero-order valence-electron chi connectivity index (χ0n) is 13.8. The van der Waals surface area contributed by atoms with Gasteiger partial charge in [0.1, 0.15) is 5.03 Å². The van der Waals surface area contributed by atoms with E-state index < -0.39 is 0 Å². The van der Waals surface area contributed by atoms with Gasteiger partial charge < -0.3 is 18.7 Å². The van der Waals surface area contributed by atoms with Crippen LogP contribution in [0, 0.1) is 0 Å². The second-order valence-electron chi connectivity index (χ2n) is 4.85. The van der Waals surface area contributed by atoms with Crippen LogP contribution in [0.3, 0.4) is 0 Å². The van der Waals surface area contributed by atoms with Gasteiger partial charge in [0, 0.05) is 0 Å². The molecule has 8 heteroatoms. The van der Waals surface area contributed by atoms with Crippen LogP contribution in [-0.4, -0.2) is 31.5 Å². The number of aromatic nitrogens is 2. The van der Waals surface area contributed by atoms with E-state index in [9.17, 15) is 0 Å². The average molecular weight is 379 g/mol. The summed E-state index contributed by atoms with van der Waals surface area (Å²) in [7, 11) is 4.66. The molecule has 0 aliphatic rings. The topological polar surface area (TPSA) is 66.6 Å². The third-order valence-corrected chi connectivity index (χ3v) is 4.49. The van der Waals surface area contributed by atoms with Crippen molar-refractivity contribution in [3.05, 3.63) is 41.1 Å². The van der Waals surface area contributed by atoms with E-state index in [2.05, 4.69) is 10.1 Å². The van der Waals surface area contributed by atoms with Gasteiger partial charge in [-0.15, -0.1) is 11.3 Å². The van der Waals surface area contributed by atoms with E-state index in [0.717, 1.165) is 10.4 Å². The van der Waals surface area contributed by atoms with Gasteiger partial charge in [0.05, 0.1) is 26.2 Å². The van der Waals surface area contributed by atoms with Gasteiger partial charge in [-0.25, -0.2) is 0 Å². The van der Waals surface area contributed by atoms with Crippen LogP contribution in [-0.2, 0) is 0 Å². The molecule has 0 radical (unpaired) electrons. The van der Waals surface area contributed by atoms with Crippen molar-refractivity contribution in [1.82, 2.24) is 10.1 Å². The third-order valence-electron chi connectivity index (χ3n) is 3.35. The Hall–Kier alpha value is -2.51. The van der Waals surface area contributed by atoms with Gasteiger partial charge in [-0.1, -0.05) is 22.8 Å². The lowest BCUT2D eigenvalue weighted by Crippen LogP contribution is -1.95. The summed E-state index contributed by atoms with van der Waals surface area (Å²) in [6.07, 6.45) is 1.69. The molecule has 0 spiro atoms. The van der Waals surface area contributed by atoms with Crippen LogP contribution in [0.4, 0.5) is 0 Å². The number of nitrogens with zero attached hydrogens (tertiary/aromatic N) is 2. The molecule has 0 saturated carbocycles. The molecule has 3 aromatic rings. The van der Waals surface area contributed by atoms with Crippen molar-refractivity contribution in [2.45, 2.75) is 0 Å². The molecule has 0 N–H and O–H groups in total. The largest absolute Gasteiger partial charge is 0.493 e. The van der Waals surface area contributed by atoms with Crippen molar-refractivity contribution >= 4 is 34.0 Å². The zero-order chi connectivity index (χ0) is 17.8. The van der Waals surface area contributed by atoms with Gasteiger partial charge >= 0.3 is 0 Å². The molecular formula is C17H15ClN2O4S. The minimum Gasteiger partial charge on any atom is -0.493 e. The molecule has 0 amide bonds. The Morgan fingerprint density at radius 3 is 2.44 bits per heavy atom. The highest BCUT2D eigenvalue weighted by atomic mass is 35.5. The molecule has 0 unspecified atom stereocenters. The second kappa shape index (κ2) is 7.58.